The topological polar surface area (TPSA) is 86.3 Å². The molecule has 4 aromatic rings. The lowest BCUT2D eigenvalue weighted by molar-refractivity contribution is 0.0680. The maximum atomic E-state index is 13.9. The summed E-state index contributed by atoms with van der Waals surface area (Å²) in [4.78, 5) is 24.9. The van der Waals surface area contributed by atoms with E-state index >= 15 is 0 Å². The van der Waals surface area contributed by atoms with E-state index < -0.39 is 0 Å². The lowest BCUT2D eigenvalue weighted by Gasteiger charge is -2.23. The van der Waals surface area contributed by atoms with Gasteiger partial charge in [-0.25, -0.2) is 9.67 Å². The van der Waals surface area contributed by atoms with Crippen LogP contribution in [0.2, 0.25) is 0 Å². The number of fused-ring (bicyclic) bond motifs is 1. The van der Waals surface area contributed by atoms with Crippen LogP contribution in [-0.4, -0.2) is 50.8 Å². The Morgan fingerprint density at radius 1 is 1.24 bits per heavy atom. The molecule has 0 spiro atoms. The summed E-state index contributed by atoms with van der Waals surface area (Å²) in [7, 11) is 1.63. The lowest BCUT2D eigenvalue weighted by Crippen LogP contribution is -2.34. The summed E-state index contributed by atoms with van der Waals surface area (Å²) in [5.74, 6) is 1.44. The third-order valence-electron chi connectivity index (χ3n) is 5.53. The zero-order valence-corrected chi connectivity index (χ0v) is 19.7. The van der Waals surface area contributed by atoms with Crippen LogP contribution in [0.3, 0.4) is 0 Å². The Hall–Kier alpha value is -3.52. The summed E-state index contributed by atoms with van der Waals surface area (Å²) in [6, 6.07) is 9.57. The molecule has 0 saturated heterocycles. The molecule has 1 amide bonds. The van der Waals surface area contributed by atoms with Crippen LogP contribution in [0.25, 0.3) is 22.3 Å². The predicted octanol–water partition coefficient (Wildman–Crippen LogP) is 4.57. The third-order valence-corrected chi connectivity index (χ3v) is 5.53. The minimum atomic E-state index is -0.118. The van der Waals surface area contributed by atoms with Gasteiger partial charge in [-0.15, -0.1) is 0 Å². The number of methoxy groups -OCH3 is 1. The van der Waals surface area contributed by atoms with Gasteiger partial charge in [0.1, 0.15) is 11.5 Å². The first-order valence-electron chi connectivity index (χ1n) is 11.0. The molecule has 4 heterocycles. The molecule has 0 aliphatic rings. The molecular formula is C25H29N5O3. The first kappa shape index (κ1) is 22.7. The van der Waals surface area contributed by atoms with Crippen LogP contribution in [0.1, 0.15) is 47.5 Å². The fourth-order valence-electron chi connectivity index (χ4n) is 3.91. The van der Waals surface area contributed by atoms with Crippen molar-refractivity contribution in [1.82, 2.24) is 24.6 Å². The minimum absolute atomic E-state index is 0.0958. The van der Waals surface area contributed by atoms with E-state index in [-0.39, 0.29) is 11.9 Å². The van der Waals surface area contributed by atoms with E-state index in [0.29, 0.717) is 36.6 Å². The van der Waals surface area contributed by atoms with Crippen molar-refractivity contribution < 1.29 is 13.9 Å². The van der Waals surface area contributed by atoms with Gasteiger partial charge in [-0.2, -0.15) is 5.10 Å². The average molecular weight is 448 g/mol. The zero-order chi connectivity index (χ0) is 23.5. The highest BCUT2D eigenvalue weighted by Gasteiger charge is 2.24. The molecule has 0 N–H and O–H groups in total. The van der Waals surface area contributed by atoms with Crippen molar-refractivity contribution in [2.75, 3.05) is 20.3 Å². The molecule has 0 radical (unpaired) electrons. The number of hydrogen-bond acceptors (Lipinski definition) is 6. The van der Waals surface area contributed by atoms with Crippen LogP contribution in [0.5, 0.6) is 0 Å². The Morgan fingerprint density at radius 2 is 2.06 bits per heavy atom. The number of rotatable bonds is 8. The van der Waals surface area contributed by atoms with Gasteiger partial charge in [0.25, 0.3) is 5.91 Å². The van der Waals surface area contributed by atoms with E-state index in [2.05, 4.69) is 10.1 Å². The summed E-state index contributed by atoms with van der Waals surface area (Å²) in [6.07, 6.45) is 3.45. The molecule has 0 aromatic carbocycles. The number of pyridine rings is 2. The molecule has 0 atom stereocenters. The Balaban J connectivity index is 1.84. The number of carbonyl (C=O) groups excluding carboxylic acids is 1. The number of aryl methyl sites for hydroxylation is 2. The minimum Gasteiger partial charge on any atom is -0.466 e. The van der Waals surface area contributed by atoms with Crippen LogP contribution in [0, 0.1) is 13.8 Å². The fraction of sp³-hybridized carbons (Fsp3) is 0.360. The summed E-state index contributed by atoms with van der Waals surface area (Å²) in [5.41, 5.74) is 3.59. The molecular weight excluding hydrogens is 418 g/mol. The Labute approximate surface area is 193 Å². The smallest absolute Gasteiger partial charge is 0.255 e. The fourth-order valence-corrected chi connectivity index (χ4v) is 3.91. The Kier molecular flexibility index (Phi) is 6.55. The van der Waals surface area contributed by atoms with Gasteiger partial charge in [-0.05, 0) is 52.0 Å². The van der Waals surface area contributed by atoms with Gasteiger partial charge < -0.3 is 14.1 Å². The van der Waals surface area contributed by atoms with Crippen molar-refractivity contribution >= 4 is 16.9 Å². The Morgan fingerprint density at radius 3 is 2.70 bits per heavy atom. The number of ether oxygens (including phenoxy) is 1. The van der Waals surface area contributed by atoms with E-state index in [9.17, 15) is 4.79 Å². The van der Waals surface area contributed by atoms with E-state index in [1.807, 2.05) is 62.7 Å². The van der Waals surface area contributed by atoms with E-state index in [1.54, 1.807) is 24.4 Å². The maximum absolute atomic E-state index is 13.9. The standard InChI is InChI=1S/C25H29N5O3/c1-16(2)30-24-22(14-27-30)21(13-23(28-24)20-12-17(3)33-18(20)4)25(31)29(10-11-32-5)15-19-8-6-7-9-26-19/h6-9,12-14,16H,10-11,15H2,1-5H3. The molecule has 0 aliphatic heterocycles. The lowest BCUT2D eigenvalue weighted by atomic mass is 10.1. The van der Waals surface area contributed by atoms with Crippen molar-refractivity contribution in [3.8, 4) is 11.3 Å². The average Bonchev–Trinajstić information content (AvgIpc) is 3.38. The number of amides is 1. The van der Waals surface area contributed by atoms with Crippen LogP contribution >= 0.6 is 0 Å². The number of nitrogens with zero attached hydrogens (tertiary/aromatic N) is 5. The number of carbonyl (C=O) groups is 1. The molecule has 4 aromatic heterocycles. The van der Waals surface area contributed by atoms with Crippen molar-refractivity contribution in [1.29, 1.82) is 0 Å². The quantitative estimate of drug-likeness (QED) is 0.393. The molecule has 0 fully saturated rings. The molecule has 33 heavy (non-hydrogen) atoms. The van der Waals surface area contributed by atoms with E-state index in [4.69, 9.17) is 14.1 Å². The summed E-state index contributed by atoms with van der Waals surface area (Å²) in [5, 5.41) is 5.25. The maximum Gasteiger partial charge on any atom is 0.255 e. The van der Waals surface area contributed by atoms with Gasteiger partial charge in [0.15, 0.2) is 5.65 Å². The molecule has 4 rings (SSSR count). The number of aromatic nitrogens is 4. The first-order chi connectivity index (χ1) is 15.9. The molecule has 8 nitrogen and oxygen atoms in total. The van der Waals surface area contributed by atoms with Crippen LogP contribution in [0.15, 0.2) is 47.1 Å². The van der Waals surface area contributed by atoms with Gasteiger partial charge in [0.2, 0.25) is 0 Å². The molecule has 0 unspecified atom stereocenters. The normalized spacial score (nSPS) is 11.5. The van der Waals surface area contributed by atoms with Crippen molar-refractivity contribution in [2.24, 2.45) is 0 Å². The first-order valence-corrected chi connectivity index (χ1v) is 11.0. The van der Waals surface area contributed by atoms with E-state index in [0.717, 1.165) is 28.2 Å². The summed E-state index contributed by atoms with van der Waals surface area (Å²) >= 11 is 0. The summed E-state index contributed by atoms with van der Waals surface area (Å²) in [6.45, 7) is 9.13. The monoisotopic (exact) mass is 447 g/mol. The molecule has 172 valence electrons. The molecule has 8 heteroatoms. The van der Waals surface area contributed by atoms with E-state index in [1.165, 1.54) is 0 Å². The second kappa shape index (κ2) is 9.54. The van der Waals surface area contributed by atoms with Gasteiger partial charge in [0, 0.05) is 31.5 Å². The SMILES string of the molecule is COCCN(Cc1ccccn1)C(=O)c1cc(-c2cc(C)oc2C)nc2c1cnn2C(C)C. The van der Waals surface area contributed by atoms with Crippen molar-refractivity contribution in [2.45, 2.75) is 40.3 Å². The molecule has 0 saturated carbocycles. The highest BCUT2D eigenvalue weighted by molar-refractivity contribution is 6.06. The van der Waals surface area contributed by atoms with Gasteiger partial charge in [-0.3, -0.25) is 9.78 Å². The predicted molar refractivity (Wildman–Crippen MR) is 126 cm³/mol. The van der Waals surface area contributed by atoms with Gasteiger partial charge >= 0.3 is 0 Å². The van der Waals surface area contributed by atoms with Gasteiger partial charge in [0.05, 0.1) is 41.7 Å². The molecule has 0 aliphatic carbocycles. The van der Waals surface area contributed by atoms with Crippen LogP contribution < -0.4 is 0 Å². The Bertz CT molecular complexity index is 1260. The highest BCUT2D eigenvalue weighted by Crippen LogP contribution is 2.30. The van der Waals surface area contributed by atoms with Crippen molar-refractivity contribution in [3.05, 3.63) is 65.5 Å². The van der Waals surface area contributed by atoms with Crippen LogP contribution in [0.4, 0.5) is 0 Å². The third kappa shape index (κ3) is 4.66. The second-order valence-electron chi connectivity index (χ2n) is 8.34. The largest absolute Gasteiger partial charge is 0.466 e. The number of furan rings is 1. The molecule has 0 bridgehead atoms. The highest BCUT2D eigenvalue weighted by atomic mass is 16.5. The summed E-state index contributed by atoms with van der Waals surface area (Å²) < 4.78 is 12.9. The van der Waals surface area contributed by atoms with Crippen molar-refractivity contribution in [3.63, 3.8) is 0 Å². The second-order valence-corrected chi connectivity index (χ2v) is 8.34. The zero-order valence-electron chi connectivity index (χ0n) is 19.7. The van der Waals surface area contributed by atoms with Crippen LogP contribution in [-0.2, 0) is 11.3 Å². The van der Waals surface area contributed by atoms with Gasteiger partial charge in [-0.1, -0.05) is 6.07 Å². The number of hydrogen-bond donors (Lipinski definition) is 0.